The standard InChI is InChI=1S/C32H50O8/c1-5-37-29(33)17-13-9-11-15-27(31(35)39-7-3)23-25-19-21-26(22-20-25)24-28(32(36)40-8-4)16-12-10-14-18-30(34)38-6-2/h19-22,27-28H,5-18,23-24H2,1-4H3. The first-order chi connectivity index (χ1) is 19.3. The highest BCUT2D eigenvalue weighted by atomic mass is 16.5. The van der Waals surface area contributed by atoms with Crippen LogP contribution in [0.1, 0.15) is 103 Å². The Labute approximate surface area is 240 Å². The van der Waals surface area contributed by atoms with Crippen molar-refractivity contribution in [1.82, 2.24) is 0 Å². The molecule has 0 bridgehead atoms. The topological polar surface area (TPSA) is 105 Å². The van der Waals surface area contributed by atoms with Crippen molar-refractivity contribution in [2.75, 3.05) is 26.4 Å². The molecular formula is C32H50O8. The molecule has 0 spiro atoms. The summed E-state index contributed by atoms with van der Waals surface area (Å²) in [5.74, 6) is -1.22. The Morgan fingerprint density at radius 1 is 0.525 bits per heavy atom. The lowest BCUT2D eigenvalue weighted by Gasteiger charge is -2.17. The molecular weight excluding hydrogens is 512 g/mol. The molecule has 1 rings (SSSR count). The summed E-state index contributed by atoms with van der Waals surface area (Å²) in [6.07, 6.45) is 8.24. The Morgan fingerprint density at radius 2 is 0.875 bits per heavy atom. The Morgan fingerprint density at radius 3 is 1.20 bits per heavy atom. The zero-order valence-electron chi connectivity index (χ0n) is 25.0. The van der Waals surface area contributed by atoms with Crippen molar-refractivity contribution in [2.45, 2.75) is 105 Å². The van der Waals surface area contributed by atoms with E-state index in [9.17, 15) is 19.2 Å². The van der Waals surface area contributed by atoms with Gasteiger partial charge in [-0.15, -0.1) is 0 Å². The molecule has 0 heterocycles. The quantitative estimate of drug-likeness (QED) is 0.0940. The van der Waals surface area contributed by atoms with Gasteiger partial charge in [-0.25, -0.2) is 0 Å². The highest BCUT2D eigenvalue weighted by Gasteiger charge is 2.22. The Hall–Kier alpha value is -2.90. The predicted octanol–water partition coefficient (Wildman–Crippen LogP) is 6.16. The summed E-state index contributed by atoms with van der Waals surface area (Å²) in [4.78, 5) is 48.2. The molecule has 1 aromatic carbocycles. The van der Waals surface area contributed by atoms with Crippen molar-refractivity contribution in [3.63, 3.8) is 0 Å². The van der Waals surface area contributed by atoms with Gasteiger partial charge in [-0.05, 0) is 77.3 Å². The first-order valence-electron chi connectivity index (χ1n) is 15.1. The van der Waals surface area contributed by atoms with Crippen LogP contribution < -0.4 is 0 Å². The van der Waals surface area contributed by atoms with Gasteiger partial charge in [0.15, 0.2) is 0 Å². The van der Waals surface area contributed by atoms with Gasteiger partial charge in [-0.3, -0.25) is 19.2 Å². The van der Waals surface area contributed by atoms with Gasteiger partial charge >= 0.3 is 23.9 Å². The van der Waals surface area contributed by atoms with Crippen LogP contribution >= 0.6 is 0 Å². The van der Waals surface area contributed by atoms with Crippen LogP contribution in [0.4, 0.5) is 0 Å². The molecule has 8 nitrogen and oxygen atoms in total. The molecule has 2 atom stereocenters. The van der Waals surface area contributed by atoms with E-state index >= 15 is 0 Å². The molecule has 0 saturated carbocycles. The molecule has 0 aliphatic heterocycles. The number of hydrogen-bond donors (Lipinski definition) is 0. The number of carbonyl (C=O) groups excluding carboxylic acids is 4. The summed E-state index contributed by atoms with van der Waals surface area (Å²) in [6, 6.07) is 8.07. The summed E-state index contributed by atoms with van der Waals surface area (Å²) in [6.45, 7) is 8.68. The molecule has 0 aliphatic rings. The summed E-state index contributed by atoms with van der Waals surface area (Å²) >= 11 is 0. The summed E-state index contributed by atoms with van der Waals surface area (Å²) in [5.41, 5.74) is 2.08. The molecule has 0 fully saturated rings. The number of unbranched alkanes of at least 4 members (excludes halogenated alkanes) is 4. The number of rotatable bonds is 22. The predicted molar refractivity (Wildman–Crippen MR) is 154 cm³/mol. The highest BCUT2D eigenvalue weighted by molar-refractivity contribution is 5.73. The molecule has 0 amide bonds. The minimum absolute atomic E-state index is 0.177. The molecule has 0 saturated heterocycles. The van der Waals surface area contributed by atoms with Gasteiger partial charge in [0.2, 0.25) is 0 Å². The van der Waals surface area contributed by atoms with Gasteiger partial charge in [0, 0.05) is 12.8 Å². The van der Waals surface area contributed by atoms with E-state index in [1.165, 1.54) is 0 Å². The fraction of sp³-hybridized carbons (Fsp3) is 0.688. The van der Waals surface area contributed by atoms with Crippen molar-refractivity contribution in [2.24, 2.45) is 11.8 Å². The van der Waals surface area contributed by atoms with Crippen LogP contribution in [0.5, 0.6) is 0 Å². The third-order valence-corrected chi connectivity index (χ3v) is 6.70. The number of ether oxygens (including phenoxy) is 4. The first kappa shape index (κ1) is 35.1. The fourth-order valence-corrected chi connectivity index (χ4v) is 4.65. The third-order valence-electron chi connectivity index (χ3n) is 6.70. The Balaban J connectivity index is 2.66. The second-order valence-electron chi connectivity index (χ2n) is 9.93. The van der Waals surface area contributed by atoms with Gasteiger partial charge in [0.1, 0.15) is 0 Å². The maximum atomic E-state index is 12.6. The van der Waals surface area contributed by atoms with Crippen LogP contribution in [0, 0.1) is 11.8 Å². The number of benzene rings is 1. The van der Waals surface area contributed by atoms with E-state index in [1.807, 2.05) is 38.1 Å². The zero-order valence-corrected chi connectivity index (χ0v) is 25.0. The second kappa shape index (κ2) is 21.9. The van der Waals surface area contributed by atoms with Crippen LogP contribution in [0.15, 0.2) is 24.3 Å². The lowest BCUT2D eigenvalue weighted by atomic mass is 9.90. The maximum Gasteiger partial charge on any atom is 0.309 e. The zero-order chi connectivity index (χ0) is 29.6. The average Bonchev–Trinajstić information content (AvgIpc) is 2.92. The average molecular weight is 563 g/mol. The molecule has 8 heteroatoms. The monoisotopic (exact) mass is 562 g/mol. The van der Waals surface area contributed by atoms with Gasteiger partial charge < -0.3 is 18.9 Å². The maximum absolute atomic E-state index is 12.6. The van der Waals surface area contributed by atoms with Gasteiger partial charge in [0.05, 0.1) is 38.3 Å². The molecule has 0 aromatic heterocycles. The smallest absolute Gasteiger partial charge is 0.309 e. The Kier molecular flexibility index (Phi) is 19.2. The van der Waals surface area contributed by atoms with Crippen LogP contribution in [0.25, 0.3) is 0 Å². The highest BCUT2D eigenvalue weighted by Crippen LogP contribution is 2.22. The molecule has 2 unspecified atom stereocenters. The van der Waals surface area contributed by atoms with E-state index in [0.29, 0.717) is 65.0 Å². The normalized spacial score (nSPS) is 12.3. The fourth-order valence-electron chi connectivity index (χ4n) is 4.65. The SMILES string of the molecule is CCOC(=O)CCCCCC(Cc1ccc(CC(CCCCCC(=O)OCC)C(=O)OCC)cc1)C(=O)OCC. The number of esters is 4. The van der Waals surface area contributed by atoms with E-state index in [-0.39, 0.29) is 35.7 Å². The summed E-state index contributed by atoms with van der Waals surface area (Å²) in [7, 11) is 0. The van der Waals surface area contributed by atoms with E-state index in [0.717, 1.165) is 49.7 Å². The van der Waals surface area contributed by atoms with E-state index in [4.69, 9.17) is 18.9 Å². The van der Waals surface area contributed by atoms with Gasteiger partial charge in [-0.2, -0.15) is 0 Å². The van der Waals surface area contributed by atoms with Gasteiger partial charge in [-0.1, -0.05) is 49.9 Å². The van der Waals surface area contributed by atoms with E-state index < -0.39 is 0 Å². The molecule has 0 N–H and O–H groups in total. The lowest BCUT2D eigenvalue weighted by molar-refractivity contribution is -0.149. The number of carbonyl (C=O) groups is 4. The minimum Gasteiger partial charge on any atom is -0.466 e. The van der Waals surface area contributed by atoms with Crippen molar-refractivity contribution >= 4 is 23.9 Å². The van der Waals surface area contributed by atoms with Crippen molar-refractivity contribution in [3.8, 4) is 0 Å². The number of hydrogen-bond acceptors (Lipinski definition) is 8. The van der Waals surface area contributed by atoms with E-state index in [1.54, 1.807) is 13.8 Å². The molecule has 226 valence electrons. The first-order valence-corrected chi connectivity index (χ1v) is 15.1. The van der Waals surface area contributed by atoms with Crippen LogP contribution in [-0.2, 0) is 51.0 Å². The van der Waals surface area contributed by atoms with E-state index in [2.05, 4.69) is 0 Å². The van der Waals surface area contributed by atoms with Crippen molar-refractivity contribution < 1.29 is 38.1 Å². The Bertz CT molecular complexity index is 793. The molecule has 40 heavy (non-hydrogen) atoms. The van der Waals surface area contributed by atoms with Crippen LogP contribution in [0.2, 0.25) is 0 Å². The summed E-state index contributed by atoms with van der Waals surface area (Å²) in [5, 5.41) is 0. The lowest BCUT2D eigenvalue weighted by Crippen LogP contribution is -2.21. The molecule has 0 radical (unpaired) electrons. The minimum atomic E-state index is -0.240. The molecule has 0 aliphatic carbocycles. The molecule has 1 aromatic rings. The van der Waals surface area contributed by atoms with Crippen LogP contribution in [-0.4, -0.2) is 50.3 Å². The van der Waals surface area contributed by atoms with Crippen molar-refractivity contribution in [3.05, 3.63) is 35.4 Å². The second-order valence-corrected chi connectivity index (χ2v) is 9.93. The van der Waals surface area contributed by atoms with Crippen LogP contribution in [0.3, 0.4) is 0 Å². The van der Waals surface area contributed by atoms with Gasteiger partial charge in [0.25, 0.3) is 0 Å². The largest absolute Gasteiger partial charge is 0.466 e. The van der Waals surface area contributed by atoms with Crippen molar-refractivity contribution in [1.29, 1.82) is 0 Å². The summed E-state index contributed by atoms with van der Waals surface area (Å²) < 4.78 is 20.6. The third kappa shape index (κ3) is 15.6.